The van der Waals surface area contributed by atoms with Gasteiger partial charge < -0.3 is 5.32 Å². The van der Waals surface area contributed by atoms with Gasteiger partial charge in [0.25, 0.3) is 5.91 Å². The molecule has 0 heterocycles. The van der Waals surface area contributed by atoms with E-state index in [0.29, 0.717) is 12.1 Å². The first kappa shape index (κ1) is 19.0. The number of carbonyl (C=O) groups excluding carboxylic acids is 2. The molecule has 0 spiro atoms. The molecule has 0 aliphatic rings. The van der Waals surface area contributed by atoms with Crippen molar-refractivity contribution in [2.45, 2.75) is 6.18 Å². The Morgan fingerprint density at radius 2 is 1.60 bits per heavy atom. The molecule has 3 amide bonds. The summed E-state index contributed by atoms with van der Waals surface area (Å²) in [5.74, 6) is -2.44. The van der Waals surface area contributed by atoms with Crippen molar-refractivity contribution in [2.24, 2.45) is 0 Å². The zero-order valence-corrected chi connectivity index (χ0v) is 13.6. The predicted molar refractivity (Wildman–Crippen MR) is 84.3 cm³/mol. The summed E-state index contributed by atoms with van der Waals surface area (Å²) in [6, 6.07) is 4.95. The lowest BCUT2D eigenvalue weighted by Gasteiger charge is -2.12. The number of alkyl halides is 3. The van der Waals surface area contributed by atoms with E-state index in [1.54, 1.807) is 0 Å². The zero-order valence-electron chi connectivity index (χ0n) is 12.0. The summed E-state index contributed by atoms with van der Waals surface area (Å²) in [5.41, 5.74) is -2.08. The number of rotatable bonds is 2. The van der Waals surface area contributed by atoms with Crippen LogP contribution in [-0.2, 0) is 6.18 Å². The van der Waals surface area contributed by atoms with Crippen LogP contribution in [-0.4, -0.2) is 11.9 Å². The summed E-state index contributed by atoms with van der Waals surface area (Å²) in [5, 5.41) is 3.83. The number of benzene rings is 2. The average molecular weight is 395 g/mol. The van der Waals surface area contributed by atoms with E-state index in [-0.39, 0.29) is 21.3 Å². The molecule has 0 saturated carbocycles. The van der Waals surface area contributed by atoms with Crippen LogP contribution >= 0.6 is 23.2 Å². The van der Waals surface area contributed by atoms with Crippen LogP contribution in [0.1, 0.15) is 15.9 Å². The fourth-order valence-corrected chi connectivity index (χ4v) is 2.43. The Bertz CT molecular complexity index is 821. The molecule has 2 aromatic rings. The van der Waals surface area contributed by atoms with Crippen molar-refractivity contribution in [1.29, 1.82) is 0 Å². The molecule has 25 heavy (non-hydrogen) atoms. The average Bonchev–Trinajstić information content (AvgIpc) is 2.47. The van der Waals surface area contributed by atoms with Gasteiger partial charge in [0.2, 0.25) is 0 Å². The molecule has 2 rings (SSSR count). The third kappa shape index (κ3) is 4.61. The van der Waals surface area contributed by atoms with Gasteiger partial charge in [-0.25, -0.2) is 9.18 Å². The van der Waals surface area contributed by atoms with E-state index in [1.807, 2.05) is 10.6 Å². The molecular formula is C15H8Cl2F4N2O2. The van der Waals surface area contributed by atoms with Crippen molar-refractivity contribution in [3.8, 4) is 0 Å². The lowest BCUT2D eigenvalue weighted by atomic mass is 10.2. The Morgan fingerprint density at radius 1 is 1.00 bits per heavy atom. The highest BCUT2D eigenvalue weighted by Gasteiger charge is 2.34. The summed E-state index contributed by atoms with van der Waals surface area (Å²) in [7, 11) is 0. The fourth-order valence-electron chi connectivity index (χ4n) is 1.86. The van der Waals surface area contributed by atoms with Crippen LogP contribution in [0.15, 0.2) is 36.4 Å². The Morgan fingerprint density at radius 3 is 2.16 bits per heavy atom. The maximum absolute atomic E-state index is 13.2. The van der Waals surface area contributed by atoms with Crippen LogP contribution < -0.4 is 10.6 Å². The maximum Gasteiger partial charge on any atom is 0.419 e. The maximum atomic E-state index is 13.2. The van der Waals surface area contributed by atoms with Gasteiger partial charge in [0.1, 0.15) is 5.82 Å². The smallest absolute Gasteiger partial charge is 0.308 e. The first-order chi connectivity index (χ1) is 11.6. The monoisotopic (exact) mass is 394 g/mol. The normalized spacial score (nSPS) is 11.1. The molecule has 0 aliphatic carbocycles. The van der Waals surface area contributed by atoms with Gasteiger partial charge in [-0.15, -0.1) is 0 Å². The van der Waals surface area contributed by atoms with E-state index in [9.17, 15) is 27.2 Å². The highest BCUT2D eigenvalue weighted by Crippen LogP contribution is 2.33. The minimum atomic E-state index is -4.93. The van der Waals surface area contributed by atoms with Gasteiger partial charge in [0, 0.05) is 5.69 Å². The SMILES string of the molecule is O=C(NC(=O)c1c(Cl)cccc1Cl)Nc1ccc(F)c(C(F)(F)F)c1. The molecule has 0 aromatic heterocycles. The largest absolute Gasteiger partial charge is 0.419 e. The van der Waals surface area contributed by atoms with Crippen LogP contribution in [0, 0.1) is 5.82 Å². The quantitative estimate of drug-likeness (QED) is 0.695. The van der Waals surface area contributed by atoms with Crippen molar-refractivity contribution >= 4 is 40.8 Å². The van der Waals surface area contributed by atoms with Gasteiger partial charge in [-0.1, -0.05) is 29.3 Å². The second kappa shape index (κ2) is 7.28. The molecule has 0 fully saturated rings. The Balaban J connectivity index is 2.14. The molecule has 0 bridgehead atoms. The number of nitrogens with one attached hydrogen (secondary N) is 2. The molecule has 0 aliphatic heterocycles. The molecule has 2 aromatic carbocycles. The number of imide groups is 1. The Hall–Kier alpha value is -2.32. The van der Waals surface area contributed by atoms with E-state index in [1.165, 1.54) is 18.2 Å². The van der Waals surface area contributed by atoms with Gasteiger partial charge in [-0.3, -0.25) is 10.1 Å². The second-order valence-electron chi connectivity index (χ2n) is 4.70. The van der Waals surface area contributed by atoms with Gasteiger partial charge >= 0.3 is 12.2 Å². The number of hydrogen-bond acceptors (Lipinski definition) is 2. The first-order valence-corrected chi connectivity index (χ1v) is 7.28. The van der Waals surface area contributed by atoms with Crippen molar-refractivity contribution in [3.05, 3.63) is 63.4 Å². The molecule has 0 atom stereocenters. The molecule has 0 saturated heterocycles. The fraction of sp³-hybridized carbons (Fsp3) is 0.0667. The van der Waals surface area contributed by atoms with Crippen LogP contribution in [0.3, 0.4) is 0 Å². The Labute approximate surface area is 148 Å². The highest BCUT2D eigenvalue weighted by atomic mass is 35.5. The number of hydrogen-bond donors (Lipinski definition) is 2. The molecular weight excluding hydrogens is 387 g/mol. The lowest BCUT2D eigenvalue weighted by molar-refractivity contribution is -0.139. The molecule has 2 N–H and O–H groups in total. The van der Waals surface area contributed by atoms with E-state index in [4.69, 9.17) is 23.2 Å². The van der Waals surface area contributed by atoms with Crippen molar-refractivity contribution in [2.75, 3.05) is 5.32 Å². The highest BCUT2D eigenvalue weighted by molar-refractivity contribution is 6.40. The summed E-state index contributed by atoms with van der Waals surface area (Å²) < 4.78 is 51.1. The molecule has 4 nitrogen and oxygen atoms in total. The van der Waals surface area contributed by atoms with Gasteiger partial charge in [0.15, 0.2) is 0 Å². The zero-order chi connectivity index (χ0) is 18.8. The van der Waals surface area contributed by atoms with Crippen molar-refractivity contribution in [3.63, 3.8) is 0 Å². The summed E-state index contributed by atoms with van der Waals surface area (Å²) in [6.07, 6.45) is -4.93. The van der Waals surface area contributed by atoms with Gasteiger partial charge in [-0.2, -0.15) is 13.2 Å². The minimum absolute atomic E-state index is 0.0149. The summed E-state index contributed by atoms with van der Waals surface area (Å²) in [4.78, 5) is 23.7. The molecule has 0 radical (unpaired) electrons. The predicted octanol–water partition coefficient (Wildman–Crippen LogP) is 5.11. The van der Waals surface area contributed by atoms with Crippen molar-refractivity contribution in [1.82, 2.24) is 5.32 Å². The van der Waals surface area contributed by atoms with Crippen LogP contribution in [0.2, 0.25) is 10.0 Å². The number of halogens is 6. The molecule has 10 heteroatoms. The van der Waals surface area contributed by atoms with E-state index < -0.39 is 29.5 Å². The third-order valence-corrected chi connectivity index (χ3v) is 3.58. The number of amides is 3. The lowest BCUT2D eigenvalue weighted by Crippen LogP contribution is -2.34. The van der Waals surface area contributed by atoms with Crippen LogP contribution in [0.5, 0.6) is 0 Å². The molecule has 0 unspecified atom stereocenters. The number of carbonyl (C=O) groups is 2. The topological polar surface area (TPSA) is 58.2 Å². The van der Waals surface area contributed by atoms with Gasteiger partial charge in [0.05, 0.1) is 21.2 Å². The van der Waals surface area contributed by atoms with E-state index in [2.05, 4.69) is 0 Å². The standard InChI is InChI=1S/C15H8Cl2F4N2O2/c16-9-2-1-3-10(17)12(9)13(24)23-14(25)22-7-4-5-11(18)8(6-7)15(19,20)21/h1-6H,(H2,22,23,24,25). The number of anilines is 1. The third-order valence-electron chi connectivity index (χ3n) is 2.95. The van der Waals surface area contributed by atoms with Crippen LogP contribution in [0.4, 0.5) is 28.0 Å². The summed E-state index contributed by atoms with van der Waals surface area (Å²) >= 11 is 11.6. The van der Waals surface area contributed by atoms with Gasteiger partial charge in [-0.05, 0) is 30.3 Å². The molecule has 132 valence electrons. The summed E-state index contributed by atoms with van der Waals surface area (Å²) in [6.45, 7) is 0. The van der Waals surface area contributed by atoms with E-state index >= 15 is 0 Å². The van der Waals surface area contributed by atoms with Crippen LogP contribution in [0.25, 0.3) is 0 Å². The Kier molecular flexibility index (Phi) is 5.54. The van der Waals surface area contributed by atoms with E-state index in [0.717, 1.165) is 6.07 Å². The number of urea groups is 1. The first-order valence-electron chi connectivity index (χ1n) is 6.52. The second-order valence-corrected chi connectivity index (χ2v) is 5.51. The van der Waals surface area contributed by atoms with Crippen molar-refractivity contribution < 1.29 is 27.2 Å². The minimum Gasteiger partial charge on any atom is -0.308 e.